The van der Waals surface area contributed by atoms with Gasteiger partial charge in [-0.25, -0.2) is 0 Å². The van der Waals surface area contributed by atoms with Crippen molar-refractivity contribution in [3.05, 3.63) is 202 Å². The fourth-order valence-electron chi connectivity index (χ4n) is 8.17. The van der Waals surface area contributed by atoms with Crippen LogP contribution in [0.1, 0.15) is 75.8 Å². The molecule has 6 aromatic carbocycles. The van der Waals surface area contributed by atoms with Crippen LogP contribution in [0.5, 0.6) is 0 Å². The van der Waals surface area contributed by atoms with Crippen LogP contribution in [0.25, 0.3) is 44.5 Å². The maximum Gasteiger partial charge on any atom is -0.000521 e. The smallest absolute Gasteiger partial charge is 0.000521 e. The van der Waals surface area contributed by atoms with Crippen molar-refractivity contribution >= 4 is 11.1 Å². The quantitative estimate of drug-likeness (QED) is 0.173. The van der Waals surface area contributed by atoms with Crippen molar-refractivity contribution in [2.75, 3.05) is 0 Å². The first-order chi connectivity index (χ1) is 24.6. The molecule has 0 aliphatic heterocycles. The first-order valence-electron chi connectivity index (χ1n) is 18.3. The molecular weight excluding hydrogens is 613 g/mol. The third-order valence-corrected chi connectivity index (χ3v) is 10.5. The molecule has 51 heavy (non-hydrogen) atoms. The van der Waals surface area contributed by atoms with E-state index in [1.165, 1.54) is 88.4 Å². The maximum atomic E-state index is 2.55. The molecule has 0 bridgehead atoms. The fraction of sp³-hybridized carbons (Fsp3) is 0.176. The minimum absolute atomic E-state index is 0.0532. The van der Waals surface area contributed by atoms with Crippen LogP contribution in [-0.4, -0.2) is 0 Å². The van der Waals surface area contributed by atoms with Gasteiger partial charge in [0.15, 0.2) is 0 Å². The van der Waals surface area contributed by atoms with Crippen LogP contribution in [0.2, 0.25) is 0 Å². The molecule has 8 rings (SSSR count). The Morgan fingerprint density at radius 2 is 1.00 bits per heavy atom. The van der Waals surface area contributed by atoms with Crippen LogP contribution in [0, 0.1) is 0 Å². The van der Waals surface area contributed by atoms with Crippen LogP contribution in [0.15, 0.2) is 163 Å². The lowest BCUT2D eigenvalue weighted by atomic mass is 9.77. The van der Waals surface area contributed by atoms with Crippen molar-refractivity contribution in [1.29, 1.82) is 0 Å². The lowest BCUT2D eigenvalue weighted by Crippen LogP contribution is -2.35. The summed E-state index contributed by atoms with van der Waals surface area (Å²) in [5.74, 6) is 0. The molecule has 250 valence electrons. The predicted octanol–water partition coefficient (Wildman–Crippen LogP) is 11.9. The zero-order chi connectivity index (χ0) is 35.3. The molecule has 0 heteroatoms. The lowest BCUT2D eigenvalue weighted by molar-refractivity contribution is 0.590. The molecule has 0 saturated heterocycles. The van der Waals surface area contributed by atoms with Gasteiger partial charge in [0.25, 0.3) is 0 Å². The Morgan fingerprint density at radius 1 is 0.490 bits per heavy atom. The van der Waals surface area contributed by atoms with Gasteiger partial charge in [0, 0.05) is 0 Å². The van der Waals surface area contributed by atoms with Gasteiger partial charge < -0.3 is 0 Å². The molecule has 0 fully saturated rings. The summed E-state index contributed by atoms with van der Waals surface area (Å²) in [6.07, 6.45) is 7.81. The highest BCUT2D eigenvalue weighted by molar-refractivity contribution is 6.01. The third-order valence-electron chi connectivity index (χ3n) is 10.5. The monoisotopic (exact) mass is 658 g/mol. The summed E-state index contributed by atoms with van der Waals surface area (Å²) < 4.78 is 0. The van der Waals surface area contributed by atoms with Gasteiger partial charge in [0.05, 0.1) is 0 Å². The second kappa shape index (κ2) is 12.7. The molecule has 0 heterocycles. The fourth-order valence-corrected chi connectivity index (χ4v) is 8.17. The maximum absolute atomic E-state index is 2.55. The molecule has 0 radical (unpaired) electrons. The van der Waals surface area contributed by atoms with Crippen LogP contribution in [0.3, 0.4) is 0 Å². The number of fused-ring (bicyclic) bond motifs is 3. The minimum Gasteiger partial charge on any atom is -0.0801 e. The van der Waals surface area contributed by atoms with Gasteiger partial charge in [-0.05, 0) is 124 Å². The molecule has 0 nitrogen and oxygen atoms in total. The topological polar surface area (TPSA) is 0 Å². The van der Waals surface area contributed by atoms with E-state index in [-0.39, 0.29) is 10.8 Å². The van der Waals surface area contributed by atoms with E-state index in [2.05, 4.69) is 199 Å². The molecule has 0 atom stereocenters. The highest BCUT2D eigenvalue weighted by atomic mass is 14.4. The Morgan fingerprint density at radius 3 is 1.51 bits per heavy atom. The average Bonchev–Trinajstić information content (AvgIpc) is 3.78. The van der Waals surface area contributed by atoms with Gasteiger partial charge >= 0.3 is 0 Å². The van der Waals surface area contributed by atoms with E-state index >= 15 is 0 Å². The highest BCUT2D eigenvalue weighted by Gasteiger charge is 2.33. The normalized spacial score (nSPS) is 13.6. The second-order valence-corrected chi connectivity index (χ2v) is 16.1. The first-order valence-corrected chi connectivity index (χ1v) is 18.3. The van der Waals surface area contributed by atoms with E-state index < -0.39 is 0 Å². The van der Waals surface area contributed by atoms with Crippen molar-refractivity contribution < 1.29 is 0 Å². The summed E-state index contributed by atoms with van der Waals surface area (Å²) in [5, 5.41) is 2.66. The molecule has 0 amide bonds. The zero-order valence-electron chi connectivity index (χ0n) is 30.7. The molecule has 6 aromatic rings. The minimum atomic E-state index is -0.124. The van der Waals surface area contributed by atoms with Gasteiger partial charge in [-0.15, -0.1) is 0 Å². The number of allylic oxidation sites excluding steroid dienone is 4. The Hall–Kier alpha value is -5.46. The van der Waals surface area contributed by atoms with Crippen molar-refractivity contribution in [3.63, 3.8) is 0 Å². The van der Waals surface area contributed by atoms with Gasteiger partial charge in [-0.3, -0.25) is 0 Å². The van der Waals surface area contributed by atoms with Crippen molar-refractivity contribution in [2.24, 2.45) is 0 Å². The van der Waals surface area contributed by atoms with Gasteiger partial charge in [0.1, 0.15) is 0 Å². The summed E-state index contributed by atoms with van der Waals surface area (Å²) in [7, 11) is 0. The van der Waals surface area contributed by atoms with Crippen molar-refractivity contribution in [2.45, 2.75) is 58.8 Å². The summed E-state index contributed by atoms with van der Waals surface area (Å²) in [4.78, 5) is 0. The molecule has 2 aliphatic rings. The van der Waals surface area contributed by atoms with Crippen LogP contribution in [-0.2, 0) is 10.8 Å². The number of hydrogen-bond acceptors (Lipinski definition) is 0. The molecule has 0 N–H and O–H groups in total. The molecular formula is C51H46. The third kappa shape index (κ3) is 5.83. The van der Waals surface area contributed by atoms with Gasteiger partial charge in [0.2, 0.25) is 0 Å². The number of hydrogen-bond donors (Lipinski definition) is 0. The van der Waals surface area contributed by atoms with E-state index in [1.807, 2.05) is 0 Å². The van der Waals surface area contributed by atoms with Crippen molar-refractivity contribution in [3.8, 4) is 33.4 Å². The van der Waals surface area contributed by atoms with E-state index in [4.69, 9.17) is 0 Å². The average molecular weight is 659 g/mol. The first kappa shape index (κ1) is 32.7. The summed E-state index contributed by atoms with van der Waals surface area (Å²) in [6, 6.07) is 51.8. The van der Waals surface area contributed by atoms with Crippen LogP contribution >= 0.6 is 0 Å². The molecule has 0 saturated carbocycles. The predicted molar refractivity (Wildman–Crippen MR) is 218 cm³/mol. The van der Waals surface area contributed by atoms with E-state index in [0.717, 1.165) is 6.42 Å². The van der Waals surface area contributed by atoms with Gasteiger partial charge in [-0.1, -0.05) is 181 Å². The standard InChI is InChI=1S/C51H46/c1-50(2,3)43-32-40-41(31-39(43)34-21-11-7-12-22-34)46(37-29-19-20-30-37)48-42(40)33-44(51(4,5)6)47(38-27-17-10-18-28-38)49(48)45(35-23-13-8-14-24-35)36-25-15-9-16-26-36/h7-29,31-33H,30H2,1-6H3. The van der Waals surface area contributed by atoms with Crippen LogP contribution < -0.4 is 10.4 Å². The van der Waals surface area contributed by atoms with E-state index in [1.54, 1.807) is 0 Å². The molecule has 0 unspecified atom stereocenters. The molecule has 2 aliphatic carbocycles. The SMILES string of the molecule is CC(C)(C)c1cc2c(cc1-c1ccccc1)C(C1=CC=CC1)=c1c-2cc(C(C)(C)C)c(-c2ccccc2)c1=C(c1ccccc1)c1ccccc1. The molecule has 0 aromatic heterocycles. The van der Waals surface area contributed by atoms with Crippen LogP contribution in [0.4, 0.5) is 0 Å². The summed E-state index contributed by atoms with van der Waals surface area (Å²) >= 11 is 0. The van der Waals surface area contributed by atoms with E-state index in [0.29, 0.717) is 0 Å². The second-order valence-electron chi connectivity index (χ2n) is 16.1. The van der Waals surface area contributed by atoms with Gasteiger partial charge in [-0.2, -0.15) is 0 Å². The van der Waals surface area contributed by atoms with E-state index in [9.17, 15) is 0 Å². The Bertz CT molecular complexity index is 2400. The number of benzene rings is 6. The zero-order valence-corrected chi connectivity index (χ0v) is 30.7. The molecule has 0 spiro atoms. The van der Waals surface area contributed by atoms with Crippen molar-refractivity contribution in [1.82, 2.24) is 0 Å². The summed E-state index contributed by atoms with van der Waals surface area (Å²) in [5.41, 5.74) is 18.2. The lowest BCUT2D eigenvalue weighted by Gasteiger charge is -2.27. The highest BCUT2D eigenvalue weighted by Crippen LogP contribution is 2.46. The largest absolute Gasteiger partial charge is 0.0801 e. The summed E-state index contributed by atoms with van der Waals surface area (Å²) in [6.45, 7) is 14.2. The Kier molecular flexibility index (Phi) is 8.15. The Labute approximate surface area is 303 Å². The Balaban J connectivity index is 1.69. The number of rotatable bonds is 5.